The molecule has 1 aromatic rings. The van der Waals surface area contributed by atoms with Crippen LogP contribution in [0, 0.1) is 5.92 Å². The number of aromatic nitrogens is 2. The molecule has 1 amide bonds. The van der Waals surface area contributed by atoms with Crippen LogP contribution < -0.4 is 0 Å². The van der Waals surface area contributed by atoms with Gasteiger partial charge in [-0.15, -0.1) is 0 Å². The van der Waals surface area contributed by atoms with Gasteiger partial charge < -0.3 is 10.0 Å². The number of nitrogens with zero attached hydrogens (tertiary/aromatic N) is 3. The van der Waals surface area contributed by atoms with E-state index in [2.05, 4.69) is 5.10 Å². The fraction of sp³-hybridized carbons (Fsp3) is 0.636. The normalized spacial score (nSPS) is 22.4. The molecule has 0 aromatic carbocycles. The number of hydrogen-bond acceptors (Lipinski definition) is 3. The third-order valence-corrected chi connectivity index (χ3v) is 3.15. The molecule has 2 atom stereocenters. The van der Waals surface area contributed by atoms with Gasteiger partial charge in [0.25, 0.3) is 5.91 Å². The third kappa shape index (κ3) is 2.09. The molecular formula is C11H17N3O2. The van der Waals surface area contributed by atoms with Gasteiger partial charge in [0.05, 0.1) is 17.9 Å². The van der Waals surface area contributed by atoms with Gasteiger partial charge in [-0.05, 0) is 13.3 Å². The van der Waals surface area contributed by atoms with Crippen LogP contribution in [-0.4, -0.2) is 44.9 Å². The Bertz CT molecular complexity index is 386. The highest BCUT2D eigenvalue weighted by molar-refractivity contribution is 5.93. The zero-order chi connectivity index (χ0) is 11.7. The first-order valence-electron chi connectivity index (χ1n) is 5.54. The van der Waals surface area contributed by atoms with E-state index in [1.165, 1.54) is 0 Å². The summed E-state index contributed by atoms with van der Waals surface area (Å²) in [6.45, 7) is 3.15. The number of aliphatic hydroxyl groups excluding tert-OH is 1. The van der Waals surface area contributed by atoms with E-state index in [-0.39, 0.29) is 17.9 Å². The zero-order valence-corrected chi connectivity index (χ0v) is 9.63. The largest absolute Gasteiger partial charge is 0.393 e. The summed E-state index contributed by atoms with van der Waals surface area (Å²) in [5.41, 5.74) is 0.619. The van der Waals surface area contributed by atoms with E-state index in [1.807, 2.05) is 0 Å². The van der Waals surface area contributed by atoms with Gasteiger partial charge in [-0.25, -0.2) is 0 Å². The fourth-order valence-corrected chi connectivity index (χ4v) is 2.08. The second kappa shape index (κ2) is 4.25. The quantitative estimate of drug-likeness (QED) is 0.782. The Hall–Kier alpha value is -1.36. The van der Waals surface area contributed by atoms with Crippen molar-refractivity contribution in [1.82, 2.24) is 14.7 Å². The van der Waals surface area contributed by atoms with E-state index in [0.717, 1.165) is 13.0 Å². The average Bonchev–Trinajstić information content (AvgIpc) is 2.84. The van der Waals surface area contributed by atoms with Crippen molar-refractivity contribution in [1.29, 1.82) is 0 Å². The number of carbonyl (C=O) groups excluding carboxylic acids is 1. The Labute approximate surface area is 94.7 Å². The number of aliphatic hydroxyl groups is 1. The lowest BCUT2D eigenvalue weighted by Gasteiger charge is -2.16. The van der Waals surface area contributed by atoms with Gasteiger partial charge in [-0.3, -0.25) is 9.48 Å². The van der Waals surface area contributed by atoms with E-state index < -0.39 is 0 Å². The summed E-state index contributed by atoms with van der Waals surface area (Å²) in [6, 6.07) is 0. The molecule has 0 radical (unpaired) electrons. The monoisotopic (exact) mass is 223 g/mol. The molecule has 1 fully saturated rings. The van der Waals surface area contributed by atoms with Gasteiger partial charge in [0.2, 0.25) is 0 Å². The van der Waals surface area contributed by atoms with Crippen LogP contribution in [-0.2, 0) is 7.05 Å². The van der Waals surface area contributed by atoms with Crippen molar-refractivity contribution >= 4 is 5.91 Å². The number of carbonyl (C=O) groups is 1. The van der Waals surface area contributed by atoms with Crippen LogP contribution in [0.4, 0.5) is 0 Å². The average molecular weight is 223 g/mol. The molecule has 88 valence electrons. The number of hydrogen-bond donors (Lipinski definition) is 1. The predicted octanol–water partition coefficient (Wildman–Crippen LogP) is 0.263. The molecule has 2 unspecified atom stereocenters. The summed E-state index contributed by atoms with van der Waals surface area (Å²) < 4.78 is 1.62. The summed E-state index contributed by atoms with van der Waals surface area (Å²) in [5, 5.41) is 13.5. The highest BCUT2D eigenvalue weighted by Crippen LogP contribution is 2.21. The topological polar surface area (TPSA) is 58.4 Å². The molecule has 1 saturated heterocycles. The van der Waals surface area contributed by atoms with Crippen LogP contribution in [0.3, 0.4) is 0 Å². The number of rotatable bonds is 2. The van der Waals surface area contributed by atoms with Crippen LogP contribution in [0.25, 0.3) is 0 Å². The maximum absolute atomic E-state index is 12.0. The standard InChI is InChI=1S/C11H17N3O2/c1-8(15)9-3-4-14(7-9)11(16)10-5-12-13(2)6-10/h5-6,8-9,15H,3-4,7H2,1-2H3. The van der Waals surface area contributed by atoms with Crippen molar-refractivity contribution in [2.24, 2.45) is 13.0 Å². The minimum Gasteiger partial charge on any atom is -0.393 e. The Morgan fingerprint density at radius 2 is 2.44 bits per heavy atom. The highest BCUT2D eigenvalue weighted by atomic mass is 16.3. The van der Waals surface area contributed by atoms with Crippen molar-refractivity contribution in [2.45, 2.75) is 19.4 Å². The molecule has 1 N–H and O–H groups in total. The smallest absolute Gasteiger partial charge is 0.257 e. The lowest BCUT2D eigenvalue weighted by molar-refractivity contribution is 0.0762. The summed E-state index contributed by atoms with van der Waals surface area (Å²) in [5.74, 6) is 0.219. The molecule has 0 saturated carbocycles. The number of likely N-dealkylation sites (tertiary alicyclic amines) is 1. The minimum atomic E-state index is -0.341. The van der Waals surface area contributed by atoms with Gasteiger partial charge in [0.1, 0.15) is 0 Å². The first kappa shape index (κ1) is 11.1. The summed E-state index contributed by atoms with van der Waals surface area (Å²) >= 11 is 0. The second-order valence-corrected chi connectivity index (χ2v) is 4.44. The maximum atomic E-state index is 12.0. The van der Waals surface area contributed by atoms with Gasteiger partial charge >= 0.3 is 0 Å². The lowest BCUT2D eigenvalue weighted by atomic mass is 10.0. The second-order valence-electron chi connectivity index (χ2n) is 4.44. The molecule has 16 heavy (non-hydrogen) atoms. The number of aryl methyl sites for hydroxylation is 1. The summed E-state index contributed by atoms with van der Waals surface area (Å²) in [4.78, 5) is 13.8. The van der Waals surface area contributed by atoms with E-state index in [9.17, 15) is 9.90 Å². The zero-order valence-electron chi connectivity index (χ0n) is 9.63. The van der Waals surface area contributed by atoms with E-state index >= 15 is 0 Å². The van der Waals surface area contributed by atoms with Crippen LogP contribution in [0.15, 0.2) is 12.4 Å². The molecule has 1 aliphatic heterocycles. The van der Waals surface area contributed by atoms with E-state index in [0.29, 0.717) is 12.1 Å². The van der Waals surface area contributed by atoms with Crippen molar-refractivity contribution in [3.05, 3.63) is 18.0 Å². The molecule has 0 aliphatic carbocycles. The van der Waals surface area contributed by atoms with Crippen molar-refractivity contribution in [3.8, 4) is 0 Å². The molecule has 1 aromatic heterocycles. The predicted molar refractivity (Wildman–Crippen MR) is 58.9 cm³/mol. The van der Waals surface area contributed by atoms with Gasteiger partial charge in [-0.2, -0.15) is 5.10 Å². The van der Waals surface area contributed by atoms with Crippen LogP contribution in [0.2, 0.25) is 0 Å². The fourth-order valence-electron chi connectivity index (χ4n) is 2.08. The van der Waals surface area contributed by atoms with E-state index in [1.54, 1.807) is 35.9 Å². The van der Waals surface area contributed by atoms with Crippen LogP contribution in [0.5, 0.6) is 0 Å². The third-order valence-electron chi connectivity index (χ3n) is 3.15. The molecule has 0 spiro atoms. The van der Waals surface area contributed by atoms with E-state index in [4.69, 9.17) is 0 Å². The van der Waals surface area contributed by atoms with Crippen molar-refractivity contribution in [3.63, 3.8) is 0 Å². The number of amides is 1. The molecular weight excluding hydrogens is 206 g/mol. The first-order chi connectivity index (χ1) is 7.58. The minimum absolute atomic E-state index is 0.0104. The van der Waals surface area contributed by atoms with Crippen LogP contribution in [0.1, 0.15) is 23.7 Å². The van der Waals surface area contributed by atoms with Gasteiger partial charge in [0, 0.05) is 32.3 Å². The molecule has 2 rings (SSSR count). The molecule has 5 nitrogen and oxygen atoms in total. The van der Waals surface area contributed by atoms with Gasteiger partial charge in [-0.1, -0.05) is 0 Å². The highest BCUT2D eigenvalue weighted by Gasteiger charge is 2.29. The Kier molecular flexibility index (Phi) is 2.96. The summed E-state index contributed by atoms with van der Waals surface area (Å²) in [6.07, 6.45) is 3.84. The Balaban J connectivity index is 2.02. The molecule has 5 heteroatoms. The van der Waals surface area contributed by atoms with Crippen LogP contribution >= 0.6 is 0 Å². The Morgan fingerprint density at radius 3 is 2.94 bits per heavy atom. The van der Waals surface area contributed by atoms with Crippen molar-refractivity contribution < 1.29 is 9.90 Å². The molecule has 1 aliphatic rings. The lowest BCUT2D eigenvalue weighted by Crippen LogP contribution is -2.30. The first-order valence-corrected chi connectivity index (χ1v) is 5.54. The maximum Gasteiger partial charge on any atom is 0.257 e. The SMILES string of the molecule is CC(O)C1CCN(C(=O)c2cnn(C)c2)C1. The Morgan fingerprint density at radius 1 is 1.69 bits per heavy atom. The molecule has 2 heterocycles. The van der Waals surface area contributed by atoms with Crippen molar-refractivity contribution in [2.75, 3.05) is 13.1 Å². The summed E-state index contributed by atoms with van der Waals surface area (Å²) in [7, 11) is 1.79. The van der Waals surface area contributed by atoms with Gasteiger partial charge in [0.15, 0.2) is 0 Å². The molecule has 0 bridgehead atoms.